The van der Waals surface area contributed by atoms with Crippen molar-refractivity contribution >= 4 is 15.9 Å². The van der Waals surface area contributed by atoms with E-state index >= 15 is 0 Å². The van der Waals surface area contributed by atoms with Gasteiger partial charge in [0.05, 0.1) is 4.90 Å². The fourth-order valence-corrected chi connectivity index (χ4v) is 2.82. The van der Waals surface area contributed by atoms with E-state index in [1.165, 1.54) is 24.3 Å². The van der Waals surface area contributed by atoms with Gasteiger partial charge in [0.1, 0.15) is 0 Å². The smallest absolute Gasteiger partial charge is 0.251 e. The second-order valence-electron chi connectivity index (χ2n) is 4.70. The van der Waals surface area contributed by atoms with Gasteiger partial charge in [0.2, 0.25) is 10.0 Å². The topological polar surface area (TPSA) is 101 Å². The number of carbonyl (C=O) groups excluding carboxylic acids is 1. The summed E-state index contributed by atoms with van der Waals surface area (Å²) in [6.45, 7) is 4.51. The molecular formula is C13H21N3O3S. The molecule has 1 aromatic carbocycles. The first kappa shape index (κ1) is 16.6. The van der Waals surface area contributed by atoms with Crippen molar-refractivity contribution in [2.45, 2.75) is 31.2 Å². The van der Waals surface area contributed by atoms with Gasteiger partial charge in [0.25, 0.3) is 5.91 Å². The van der Waals surface area contributed by atoms with Crippen LogP contribution in [0.3, 0.4) is 0 Å². The Morgan fingerprint density at radius 2 is 1.85 bits per heavy atom. The third-order valence-corrected chi connectivity index (χ3v) is 4.16. The fourth-order valence-electron chi connectivity index (χ4n) is 1.57. The molecule has 1 amide bonds. The van der Waals surface area contributed by atoms with Crippen molar-refractivity contribution in [1.82, 2.24) is 10.0 Å². The Morgan fingerprint density at radius 1 is 1.25 bits per heavy atom. The zero-order valence-electron chi connectivity index (χ0n) is 11.7. The van der Waals surface area contributed by atoms with Crippen LogP contribution in [0.5, 0.6) is 0 Å². The van der Waals surface area contributed by atoms with Crippen molar-refractivity contribution in [2.75, 3.05) is 13.1 Å². The quantitative estimate of drug-likeness (QED) is 0.636. The summed E-state index contributed by atoms with van der Waals surface area (Å²) < 4.78 is 26.3. The molecule has 0 aliphatic rings. The van der Waals surface area contributed by atoms with Crippen LogP contribution in [0.2, 0.25) is 0 Å². The van der Waals surface area contributed by atoms with Gasteiger partial charge in [-0.15, -0.1) is 0 Å². The minimum absolute atomic E-state index is 0.143. The van der Waals surface area contributed by atoms with E-state index in [1.54, 1.807) is 13.8 Å². The lowest BCUT2D eigenvalue weighted by molar-refractivity contribution is 0.0953. The molecule has 0 saturated carbocycles. The van der Waals surface area contributed by atoms with E-state index < -0.39 is 10.0 Å². The van der Waals surface area contributed by atoms with Crippen molar-refractivity contribution < 1.29 is 13.2 Å². The summed E-state index contributed by atoms with van der Waals surface area (Å²) in [4.78, 5) is 11.9. The molecule has 0 radical (unpaired) electrons. The molecule has 1 aromatic rings. The zero-order valence-corrected chi connectivity index (χ0v) is 12.5. The van der Waals surface area contributed by atoms with Gasteiger partial charge in [-0.3, -0.25) is 4.79 Å². The molecule has 0 unspecified atom stereocenters. The predicted octanol–water partition coefficient (Wildman–Crippen LogP) is 0.452. The zero-order chi connectivity index (χ0) is 15.2. The molecule has 1 rings (SSSR count). The number of rotatable bonds is 7. The van der Waals surface area contributed by atoms with E-state index in [4.69, 9.17) is 5.73 Å². The standard InChI is InChI=1S/C13H21N3O3S/c1-10(2)16-20(18,19)12-6-4-11(5-7-12)13(17)15-9-3-8-14/h4-7,10,16H,3,8-9,14H2,1-2H3,(H,15,17). The third kappa shape index (κ3) is 4.92. The Hall–Kier alpha value is -1.44. The molecule has 0 fully saturated rings. The van der Waals surface area contributed by atoms with Crippen LogP contribution in [-0.4, -0.2) is 33.5 Å². The van der Waals surface area contributed by atoms with E-state index in [9.17, 15) is 13.2 Å². The highest BCUT2D eigenvalue weighted by Crippen LogP contribution is 2.11. The summed E-state index contributed by atoms with van der Waals surface area (Å²) in [7, 11) is -3.52. The Bertz CT molecular complexity index is 538. The second kappa shape index (κ2) is 7.37. The molecular weight excluding hydrogens is 278 g/mol. The Balaban J connectivity index is 2.76. The molecule has 7 heteroatoms. The predicted molar refractivity (Wildman–Crippen MR) is 77.9 cm³/mol. The number of carbonyl (C=O) groups is 1. The van der Waals surface area contributed by atoms with Gasteiger partial charge in [-0.05, 0) is 51.1 Å². The van der Waals surface area contributed by atoms with Crippen LogP contribution >= 0.6 is 0 Å². The minimum Gasteiger partial charge on any atom is -0.352 e. The molecule has 112 valence electrons. The van der Waals surface area contributed by atoms with Crippen LogP contribution in [0.15, 0.2) is 29.2 Å². The molecule has 20 heavy (non-hydrogen) atoms. The summed E-state index contributed by atoms with van der Waals surface area (Å²) >= 11 is 0. The van der Waals surface area contributed by atoms with E-state index in [-0.39, 0.29) is 16.8 Å². The number of sulfonamides is 1. The van der Waals surface area contributed by atoms with Gasteiger partial charge < -0.3 is 11.1 Å². The van der Waals surface area contributed by atoms with Crippen LogP contribution in [0.25, 0.3) is 0 Å². The Kier molecular flexibility index (Phi) is 6.12. The first-order chi connectivity index (χ1) is 9.36. The van der Waals surface area contributed by atoms with E-state index in [0.29, 0.717) is 25.1 Å². The van der Waals surface area contributed by atoms with Crippen molar-refractivity contribution in [3.8, 4) is 0 Å². The van der Waals surface area contributed by atoms with Crippen molar-refractivity contribution in [3.05, 3.63) is 29.8 Å². The van der Waals surface area contributed by atoms with Gasteiger partial charge in [-0.2, -0.15) is 0 Å². The van der Waals surface area contributed by atoms with Gasteiger partial charge >= 0.3 is 0 Å². The highest BCUT2D eigenvalue weighted by Gasteiger charge is 2.15. The largest absolute Gasteiger partial charge is 0.352 e. The van der Waals surface area contributed by atoms with Gasteiger partial charge in [0.15, 0.2) is 0 Å². The Morgan fingerprint density at radius 3 is 2.35 bits per heavy atom. The average molecular weight is 299 g/mol. The number of hydrogen-bond donors (Lipinski definition) is 3. The lowest BCUT2D eigenvalue weighted by Crippen LogP contribution is -2.30. The summed E-state index contributed by atoms with van der Waals surface area (Å²) in [5.41, 5.74) is 5.76. The second-order valence-corrected chi connectivity index (χ2v) is 6.41. The molecule has 6 nitrogen and oxygen atoms in total. The fraction of sp³-hybridized carbons (Fsp3) is 0.462. The lowest BCUT2D eigenvalue weighted by atomic mass is 10.2. The van der Waals surface area contributed by atoms with E-state index in [2.05, 4.69) is 10.0 Å². The number of amides is 1. The van der Waals surface area contributed by atoms with Crippen LogP contribution < -0.4 is 15.8 Å². The molecule has 0 aliphatic carbocycles. The average Bonchev–Trinajstić information content (AvgIpc) is 2.37. The van der Waals surface area contributed by atoms with Crippen molar-refractivity contribution in [1.29, 1.82) is 0 Å². The lowest BCUT2D eigenvalue weighted by Gasteiger charge is -2.10. The maximum absolute atomic E-state index is 11.9. The van der Waals surface area contributed by atoms with Gasteiger partial charge in [0, 0.05) is 18.2 Å². The highest BCUT2D eigenvalue weighted by molar-refractivity contribution is 7.89. The Labute approximate surface area is 119 Å². The molecule has 0 saturated heterocycles. The molecule has 0 spiro atoms. The van der Waals surface area contributed by atoms with Crippen molar-refractivity contribution in [2.24, 2.45) is 5.73 Å². The van der Waals surface area contributed by atoms with E-state index in [1.807, 2.05) is 0 Å². The summed E-state index contributed by atoms with van der Waals surface area (Å²) in [6, 6.07) is 5.64. The molecule has 0 aromatic heterocycles. The molecule has 4 N–H and O–H groups in total. The minimum atomic E-state index is -3.52. The number of benzene rings is 1. The van der Waals surface area contributed by atoms with E-state index in [0.717, 1.165) is 0 Å². The van der Waals surface area contributed by atoms with Crippen LogP contribution in [0.1, 0.15) is 30.6 Å². The van der Waals surface area contributed by atoms with Crippen LogP contribution in [-0.2, 0) is 10.0 Å². The SMILES string of the molecule is CC(C)NS(=O)(=O)c1ccc(C(=O)NCCCN)cc1. The maximum Gasteiger partial charge on any atom is 0.251 e. The first-order valence-corrected chi connectivity index (χ1v) is 7.96. The molecule has 0 atom stereocenters. The maximum atomic E-state index is 11.9. The summed E-state index contributed by atoms with van der Waals surface area (Å²) in [6.07, 6.45) is 0.705. The van der Waals surface area contributed by atoms with Crippen LogP contribution in [0, 0.1) is 0 Å². The molecule has 0 bridgehead atoms. The normalized spacial score (nSPS) is 11.6. The number of nitrogens with one attached hydrogen (secondary N) is 2. The molecule has 0 aliphatic heterocycles. The monoisotopic (exact) mass is 299 g/mol. The summed E-state index contributed by atoms with van der Waals surface area (Å²) in [5, 5.41) is 2.71. The first-order valence-electron chi connectivity index (χ1n) is 6.47. The number of hydrogen-bond acceptors (Lipinski definition) is 4. The third-order valence-electron chi connectivity index (χ3n) is 2.48. The van der Waals surface area contributed by atoms with Crippen molar-refractivity contribution in [3.63, 3.8) is 0 Å². The summed E-state index contributed by atoms with van der Waals surface area (Å²) in [5.74, 6) is -0.237. The molecule has 0 heterocycles. The highest BCUT2D eigenvalue weighted by atomic mass is 32.2. The number of nitrogens with two attached hydrogens (primary N) is 1. The van der Waals surface area contributed by atoms with Crippen LogP contribution in [0.4, 0.5) is 0 Å². The van der Waals surface area contributed by atoms with Gasteiger partial charge in [-0.1, -0.05) is 0 Å². The van der Waals surface area contributed by atoms with Gasteiger partial charge in [-0.25, -0.2) is 13.1 Å².